The van der Waals surface area contributed by atoms with Crippen LogP contribution in [0.4, 0.5) is 0 Å². The van der Waals surface area contributed by atoms with Gasteiger partial charge < -0.3 is 14.4 Å². The first-order chi connectivity index (χ1) is 9.70. The number of rotatable bonds is 3. The first-order valence-corrected chi connectivity index (χ1v) is 7.02. The van der Waals surface area contributed by atoms with Crippen LogP contribution in [0.2, 0.25) is 0 Å². The van der Waals surface area contributed by atoms with Crippen molar-refractivity contribution in [2.75, 3.05) is 13.2 Å². The Balaban J connectivity index is 2.11. The van der Waals surface area contributed by atoms with Crippen LogP contribution in [-0.2, 0) is 11.2 Å². The Bertz CT molecular complexity index is 642. The van der Waals surface area contributed by atoms with Gasteiger partial charge in [-0.3, -0.25) is 0 Å². The predicted molar refractivity (Wildman–Crippen MR) is 75.2 cm³/mol. The lowest BCUT2D eigenvalue weighted by Crippen LogP contribution is -2.21. The molecule has 0 unspecified atom stereocenters. The summed E-state index contributed by atoms with van der Waals surface area (Å²) in [6.07, 6.45) is 2.81. The molecule has 0 saturated carbocycles. The fourth-order valence-corrected chi connectivity index (χ4v) is 2.88. The number of hydrogen-bond donors (Lipinski definition) is 1. The Morgan fingerprint density at radius 2 is 2.20 bits per heavy atom. The average Bonchev–Trinajstić information content (AvgIpc) is 2.85. The van der Waals surface area contributed by atoms with Crippen LogP contribution in [0, 0.1) is 0 Å². The van der Waals surface area contributed by atoms with E-state index >= 15 is 0 Å². The van der Waals surface area contributed by atoms with Crippen LogP contribution in [0.5, 0.6) is 0 Å². The fraction of sp³-hybridized carbons (Fsp3) is 0.467. The van der Waals surface area contributed by atoms with E-state index in [2.05, 4.69) is 16.5 Å². The molecule has 0 amide bonds. The summed E-state index contributed by atoms with van der Waals surface area (Å²) in [5, 5.41) is 9.08. The molecule has 106 valence electrons. The van der Waals surface area contributed by atoms with Gasteiger partial charge in [-0.2, -0.15) is 0 Å². The molecule has 1 saturated heterocycles. The molecule has 0 bridgehead atoms. The maximum Gasteiger partial charge on any atom is 0.335 e. The third kappa shape index (κ3) is 2.18. The first-order valence-electron chi connectivity index (χ1n) is 7.02. The van der Waals surface area contributed by atoms with E-state index in [0.29, 0.717) is 6.04 Å². The molecule has 2 heterocycles. The summed E-state index contributed by atoms with van der Waals surface area (Å²) in [4.78, 5) is 15.7. The Morgan fingerprint density at radius 3 is 2.85 bits per heavy atom. The summed E-state index contributed by atoms with van der Waals surface area (Å²) in [6.45, 7) is 3.64. The van der Waals surface area contributed by atoms with Crippen molar-refractivity contribution in [1.29, 1.82) is 0 Å². The van der Waals surface area contributed by atoms with Crippen LogP contribution in [0.25, 0.3) is 11.0 Å². The molecule has 5 heteroatoms. The molecule has 0 radical (unpaired) electrons. The van der Waals surface area contributed by atoms with Gasteiger partial charge in [0.15, 0.2) is 0 Å². The van der Waals surface area contributed by atoms with Gasteiger partial charge in [-0.25, -0.2) is 9.78 Å². The summed E-state index contributed by atoms with van der Waals surface area (Å²) in [5.41, 5.74) is 2.09. The van der Waals surface area contributed by atoms with Crippen LogP contribution >= 0.6 is 0 Å². The zero-order valence-electron chi connectivity index (χ0n) is 11.5. The summed E-state index contributed by atoms with van der Waals surface area (Å²) in [5.74, 6) is 0.111. The van der Waals surface area contributed by atoms with Crippen LogP contribution in [-0.4, -0.2) is 33.8 Å². The zero-order valence-corrected chi connectivity index (χ0v) is 11.5. The number of aromatic nitrogens is 2. The van der Waals surface area contributed by atoms with Crippen LogP contribution in [0.1, 0.15) is 42.0 Å². The molecular weight excluding hydrogens is 256 g/mol. The Labute approximate surface area is 117 Å². The highest BCUT2D eigenvalue weighted by Crippen LogP contribution is 2.28. The van der Waals surface area contributed by atoms with Gasteiger partial charge in [-0.1, -0.05) is 6.92 Å². The Morgan fingerprint density at radius 1 is 1.45 bits per heavy atom. The van der Waals surface area contributed by atoms with Crippen LogP contribution in [0.3, 0.4) is 0 Å². The second-order valence-corrected chi connectivity index (χ2v) is 5.10. The smallest absolute Gasteiger partial charge is 0.335 e. The second-order valence-electron chi connectivity index (χ2n) is 5.10. The van der Waals surface area contributed by atoms with Crippen molar-refractivity contribution in [3.63, 3.8) is 0 Å². The molecule has 1 aromatic carbocycles. The molecule has 1 N–H and O–H groups in total. The molecule has 1 aliphatic rings. The van der Waals surface area contributed by atoms with Gasteiger partial charge in [-0.15, -0.1) is 0 Å². The van der Waals surface area contributed by atoms with E-state index in [9.17, 15) is 4.79 Å². The van der Waals surface area contributed by atoms with E-state index in [-0.39, 0.29) is 5.56 Å². The number of hydrogen-bond acceptors (Lipinski definition) is 3. The number of carboxylic acid groups (broad SMARTS) is 1. The van der Waals surface area contributed by atoms with Crippen molar-refractivity contribution in [3.05, 3.63) is 29.6 Å². The lowest BCUT2D eigenvalue weighted by molar-refractivity contribution is 0.0695. The Hall–Kier alpha value is -1.88. The number of benzene rings is 1. The van der Waals surface area contributed by atoms with Crippen molar-refractivity contribution in [2.45, 2.75) is 32.2 Å². The van der Waals surface area contributed by atoms with Crippen molar-refractivity contribution >= 4 is 17.0 Å². The third-order valence-corrected chi connectivity index (χ3v) is 3.88. The van der Waals surface area contributed by atoms with Gasteiger partial charge in [0.1, 0.15) is 5.82 Å². The number of fused-ring (bicyclic) bond motifs is 1. The summed E-state index contributed by atoms with van der Waals surface area (Å²) in [7, 11) is 0. The molecule has 0 aliphatic carbocycles. The highest BCUT2D eigenvalue weighted by molar-refractivity contribution is 5.92. The third-order valence-electron chi connectivity index (χ3n) is 3.88. The lowest BCUT2D eigenvalue weighted by Gasteiger charge is -2.25. The minimum Gasteiger partial charge on any atom is -0.478 e. The van der Waals surface area contributed by atoms with Gasteiger partial charge in [0.05, 0.1) is 16.6 Å². The quantitative estimate of drug-likeness (QED) is 0.934. The number of carboxylic acids is 1. The SMILES string of the molecule is CCc1nc2cc(C(=O)O)ccc2n1C1CCOCC1. The minimum atomic E-state index is -0.912. The normalized spacial score (nSPS) is 16.6. The number of ether oxygens (including phenoxy) is 1. The lowest BCUT2D eigenvalue weighted by atomic mass is 10.1. The number of imidazole rings is 1. The van der Waals surface area contributed by atoms with Gasteiger partial charge in [0, 0.05) is 25.7 Å². The molecule has 5 nitrogen and oxygen atoms in total. The minimum absolute atomic E-state index is 0.289. The number of carbonyl (C=O) groups is 1. The fourth-order valence-electron chi connectivity index (χ4n) is 2.88. The summed E-state index contributed by atoms with van der Waals surface area (Å²) < 4.78 is 7.69. The molecular formula is C15H18N2O3. The van der Waals surface area contributed by atoms with Gasteiger partial charge in [-0.05, 0) is 31.0 Å². The van der Waals surface area contributed by atoms with Crippen molar-refractivity contribution in [2.24, 2.45) is 0 Å². The van der Waals surface area contributed by atoms with Gasteiger partial charge >= 0.3 is 5.97 Å². The van der Waals surface area contributed by atoms with E-state index in [0.717, 1.165) is 49.3 Å². The maximum atomic E-state index is 11.1. The van der Waals surface area contributed by atoms with E-state index in [4.69, 9.17) is 9.84 Å². The predicted octanol–water partition coefficient (Wildman–Crippen LogP) is 2.65. The molecule has 1 fully saturated rings. The summed E-state index contributed by atoms with van der Waals surface area (Å²) in [6, 6.07) is 5.59. The van der Waals surface area contributed by atoms with E-state index in [1.165, 1.54) is 0 Å². The highest BCUT2D eigenvalue weighted by Gasteiger charge is 2.21. The standard InChI is InChI=1S/C15H18N2O3/c1-2-14-16-12-9-10(15(18)19)3-4-13(12)17(14)11-5-7-20-8-6-11/h3-4,9,11H,2,5-8H2,1H3,(H,18,19). The highest BCUT2D eigenvalue weighted by atomic mass is 16.5. The Kier molecular flexibility index (Phi) is 3.44. The number of aromatic carboxylic acids is 1. The molecule has 1 aromatic heterocycles. The molecule has 0 spiro atoms. The molecule has 3 rings (SSSR count). The van der Waals surface area contributed by atoms with Crippen molar-refractivity contribution in [1.82, 2.24) is 9.55 Å². The molecule has 2 aromatic rings. The van der Waals surface area contributed by atoms with Gasteiger partial charge in [0.2, 0.25) is 0 Å². The van der Waals surface area contributed by atoms with Crippen molar-refractivity contribution < 1.29 is 14.6 Å². The average molecular weight is 274 g/mol. The van der Waals surface area contributed by atoms with Crippen molar-refractivity contribution in [3.8, 4) is 0 Å². The van der Waals surface area contributed by atoms with Crippen LogP contribution in [0.15, 0.2) is 18.2 Å². The zero-order chi connectivity index (χ0) is 14.1. The first kappa shape index (κ1) is 13.1. The molecule has 20 heavy (non-hydrogen) atoms. The molecule has 1 aliphatic heterocycles. The summed E-state index contributed by atoms with van der Waals surface area (Å²) >= 11 is 0. The largest absolute Gasteiger partial charge is 0.478 e. The number of nitrogens with zero attached hydrogens (tertiary/aromatic N) is 2. The van der Waals surface area contributed by atoms with Crippen LogP contribution < -0.4 is 0 Å². The van der Waals surface area contributed by atoms with E-state index in [1.54, 1.807) is 12.1 Å². The van der Waals surface area contributed by atoms with E-state index in [1.807, 2.05) is 6.07 Å². The molecule has 0 atom stereocenters. The van der Waals surface area contributed by atoms with Gasteiger partial charge in [0.25, 0.3) is 0 Å². The topological polar surface area (TPSA) is 64.3 Å². The number of aryl methyl sites for hydroxylation is 1. The maximum absolute atomic E-state index is 11.1. The monoisotopic (exact) mass is 274 g/mol. The second kappa shape index (κ2) is 5.25. The van der Waals surface area contributed by atoms with E-state index < -0.39 is 5.97 Å².